The first-order valence-corrected chi connectivity index (χ1v) is 7.24. The topological polar surface area (TPSA) is 29.1 Å². The van der Waals surface area contributed by atoms with E-state index in [1.54, 1.807) is 11.8 Å². The normalized spacial score (nSPS) is 10.2. The Morgan fingerprint density at radius 3 is 2.71 bits per heavy atom. The Hall–Kier alpha value is -0.670. The zero-order valence-corrected chi connectivity index (χ0v) is 11.6. The van der Waals surface area contributed by atoms with Crippen molar-refractivity contribution in [2.75, 3.05) is 12.3 Å². The van der Waals surface area contributed by atoms with Crippen LogP contribution < -0.4 is 5.32 Å². The van der Waals surface area contributed by atoms with Gasteiger partial charge in [0.15, 0.2) is 0 Å². The lowest BCUT2D eigenvalue weighted by Crippen LogP contribution is -2.25. The molecule has 1 amide bonds. The van der Waals surface area contributed by atoms with Crippen LogP contribution in [0.3, 0.4) is 0 Å². The molecule has 0 aromatic heterocycles. The maximum absolute atomic E-state index is 11.3. The average Bonchev–Trinajstić information content (AvgIpc) is 2.34. The first kappa shape index (κ1) is 14.4. The van der Waals surface area contributed by atoms with Gasteiger partial charge >= 0.3 is 0 Å². The Morgan fingerprint density at radius 2 is 2.06 bits per heavy atom. The fourth-order valence-corrected chi connectivity index (χ4v) is 2.21. The molecule has 0 aliphatic rings. The quantitative estimate of drug-likeness (QED) is 0.605. The van der Waals surface area contributed by atoms with Crippen molar-refractivity contribution < 1.29 is 4.79 Å². The third kappa shape index (κ3) is 6.59. The van der Waals surface area contributed by atoms with Crippen molar-refractivity contribution in [1.29, 1.82) is 0 Å². The van der Waals surface area contributed by atoms with Gasteiger partial charge in [-0.3, -0.25) is 4.79 Å². The lowest BCUT2D eigenvalue weighted by Gasteiger charge is -2.04. The molecular weight excluding hydrogens is 254 g/mol. The van der Waals surface area contributed by atoms with E-state index in [4.69, 9.17) is 11.6 Å². The van der Waals surface area contributed by atoms with Gasteiger partial charge in [0.25, 0.3) is 0 Å². The number of carbonyl (C=O) groups is 1. The van der Waals surface area contributed by atoms with Gasteiger partial charge in [-0.2, -0.15) is 0 Å². The molecular formula is C13H18ClNOS. The van der Waals surface area contributed by atoms with Crippen LogP contribution in [0.25, 0.3) is 0 Å². The van der Waals surface area contributed by atoms with Crippen LogP contribution in [0.4, 0.5) is 0 Å². The van der Waals surface area contributed by atoms with E-state index in [-0.39, 0.29) is 5.91 Å². The summed E-state index contributed by atoms with van der Waals surface area (Å²) in [5.41, 5.74) is 0. The summed E-state index contributed by atoms with van der Waals surface area (Å²) in [5, 5.41) is 3.67. The van der Waals surface area contributed by atoms with Gasteiger partial charge < -0.3 is 5.32 Å². The Morgan fingerprint density at radius 1 is 1.35 bits per heavy atom. The number of carbonyl (C=O) groups excluding carboxylic acids is 1. The van der Waals surface area contributed by atoms with Crippen LogP contribution in [0.15, 0.2) is 29.2 Å². The van der Waals surface area contributed by atoms with Crippen LogP contribution >= 0.6 is 23.4 Å². The minimum Gasteiger partial charge on any atom is -0.355 e. The minimum absolute atomic E-state index is 0.156. The van der Waals surface area contributed by atoms with E-state index < -0.39 is 0 Å². The second-order valence-electron chi connectivity index (χ2n) is 3.76. The van der Waals surface area contributed by atoms with Crippen LogP contribution in [0.5, 0.6) is 0 Å². The van der Waals surface area contributed by atoms with Crippen molar-refractivity contribution in [2.24, 2.45) is 0 Å². The Kier molecular flexibility index (Phi) is 7.13. The van der Waals surface area contributed by atoms with Crippen LogP contribution in [0.2, 0.25) is 5.02 Å². The van der Waals surface area contributed by atoms with E-state index in [0.717, 1.165) is 30.2 Å². The molecule has 0 heterocycles. The van der Waals surface area contributed by atoms with Crippen LogP contribution in [-0.4, -0.2) is 18.2 Å². The van der Waals surface area contributed by atoms with Crippen LogP contribution in [0.1, 0.15) is 26.2 Å². The summed E-state index contributed by atoms with van der Waals surface area (Å²) in [6, 6.07) is 7.74. The smallest absolute Gasteiger partial charge is 0.220 e. The SMILES string of the molecule is CCCCC(=O)NCCSc1ccc(Cl)cc1. The second-order valence-corrected chi connectivity index (χ2v) is 5.36. The molecule has 1 rings (SSSR count). The summed E-state index contributed by atoms with van der Waals surface area (Å²) in [7, 11) is 0. The number of thioether (sulfide) groups is 1. The highest BCUT2D eigenvalue weighted by Crippen LogP contribution is 2.19. The van der Waals surface area contributed by atoms with Gasteiger partial charge in [0.2, 0.25) is 5.91 Å². The monoisotopic (exact) mass is 271 g/mol. The number of rotatable bonds is 7. The standard InChI is InChI=1S/C13H18ClNOS/c1-2-3-4-13(16)15-9-10-17-12-7-5-11(14)6-8-12/h5-8H,2-4,9-10H2,1H3,(H,15,16). The van der Waals surface area contributed by atoms with Crippen molar-refractivity contribution in [3.8, 4) is 0 Å². The summed E-state index contributed by atoms with van der Waals surface area (Å²) in [6.45, 7) is 2.81. The molecule has 4 heteroatoms. The van der Waals surface area contributed by atoms with E-state index in [9.17, 15) is 4.79 Å². The molecule has 1 aromatic carbocycles. The molecule has 1 N–H and O–H groups in total. The Labute approximate surface area is 112 Å². The largest absolute Gasteiger partial charge is 0.355 e. The van der Waals surface area contributed by atoms with E-state index in [2.05, 4.69) is 12.2 Å². The summed E-state index contributed by atoms with van der Waals surface area (Å²) < 4.78 is 0. The van der Waals surface area contributed by atoms with E-state index in [1.165, 1.54) is 4.90 Å². The summed E-state index contributed by atoms with van der Waals surface area (Å²) in [4.78, 5) is 12.5. The number of nitrogens with one attached hydrogen (secondary N) is 1. The first-order valence-electron chi connectivity index (χ1n) is 5.87. The molecule has 94 valence electrons. The predicted molar refractivity (Wildman–Crippen MR) is 74.7 cm³/mol. The van der Waals surface area contributed by atoms with Gasteiger partial charge in [0.05, 0.1) is 0 Å². The predicted octanol–water partition coefficient (Wildman–Crippen LogP) is 3.74. The number of halogens is 1. The van der Waals surface area contributed by atoms with Gasteiger partial charge in [0.1, 0.15) is 0 Å². The molecule has 0 aliphatic heterocycles. The highest BCUT2D eigenvalue weighted by molar-refractivity contribution is 7.99. The lowest BCUT2D eigenvalue weighted by molar-refractivity contribution is -0.121. The van der Waals surface area contributed by atoms with Crippen molar-refractivity contribution in [1.82, 2.24) is 5.32 Å². The minimum atomic E-state index is 0.156. The molecule has 2 nitrogen and oxygen atoms in total. The van der Waals surface area contributed by atoms with Gasteiger partial charge in [-0.15, -0.1) is 11.8 Å². The fraction of sp³-hybridized carbons (Fsp3) is 0.462. The fourth-order valence-electron chi connectivity index (χ4n) is 1.32. The van der Waals surface area contributed by atoms with Crippen molar-refractivity contribution in [2.45, 2.75) is 31.1 Å². The van der Waals surface area contributed by atoms with Crippen molar-refractivity contribution >= 4 is 29.3 Å². The number of hydrogen-bond acceptors (Lipinski definition) is 2. The molecule has 0 atom stereocenters. The average molecular weight is 272 g/mol. The Bertz CT molecular complexity index is 340. The van der Waals surface area contributed by atoms with E-state index >= 15 is 0 Å². The molecule has 0 saturated heterocycles. The molecule has 17 heavy (non-hydrogen) atoms. The number of benzene rings is 1. The van der Waals surface area contributed by atoms with Crippen LogP contribution in [0, 0.1) is 0 Å². The summed E-state index contributed by atoms with van der Waals surface area (Å²) in [5.74, 6) is 1.04. The summed E-state index contributed by atoms with van der Waals surface area (Å²) >= 11 is 7.52. The zero-order valence-electron chi connectivity index (χ0n) is 10.0. The molecule has 0 fully saturated rings. The third-order valence-corrected chi connectivity index (χ3v) is 3.53. The maximum Gasteiger partial charge on any atom is 0.220 e. The van der Waals surface area contributed by atoms with Crippen LogP contribution in [-0.2, 0) is 4.79 Å². The van der Waals surface area contributed by atoms with E-state index in [1.807, 2.05) is 24.3 Å². The first-order chi connectivity index (χ1) is 8.22. The van der Waals surface area contributed by atoms with Gasteiger partial charge in [-0.25, -0.2) is 0 Å². The van der Waals surface area contributed by atoms with Crippen molar-refractivity contribution in [3.05, 3.63) is 29.3 Å². The molecule has 0 bridgehead atoms. The molecule has 0 saturated carbocycles. The van der Waals surface area contributed by atoms with Crippen molar-refractivity contribution in [3.63, 3.8) is 0 Å². The highest BCUT2D eigenvalue weighted by Gasteiger charge is 1.99. The number of unbranched alkanes of at least 4 members (excludes halogenated alkanes) is 1. The lowest BCUT2D eigenvalue weighted by atomic mass is 10.2. The number of hydrogen-bond donors (Lipinski definition) is 1. The molecule has 1 aromatic rings. The third-order valence-electron chi connectivity index (χ3n) is 2.26. The number of amides is 1. The second kappa shape index (κ2) is 8.43. The summed E-state index contributed by atoms with van der Waals surface area (Å²) in [6.07, 6.45) is 2.67. The maximum atomic E-state index is 11.3. The molecule has 0 radical (unpaired) electrons. The van der Waals surface area contributed by atoms with Gasteiger partial charge in [0, 0.05) is 28.6 Å². The highest BCUT2D eigenvalue weighted by atomic mass is 35.5. The van der Waals surface area contributed by atoms with Gasteiger partial charge in [-0.05, 0) is 30.7 Å². The van der Waals surface area contributed by atoms with E-state index in [0.29, 0.717) is 6.42 Å². The Balaban J connectivity index is 2.11. The molecule has 0 spiro atoms. The molecule has 0 aliphatic carbocycles. The van der Waals surface area contributed by atoms with Gasteiger partial charge in [-0.1, -0.05) is 24.9 Å². The molecule has 0 unspecified atom stereocenters. The zero-order chi connectivity index (χ0) is 12.5.